The van der Waals surface area contributed by atoms with Gasteiger partial charge in [-0.25, -0.2) is 33.5 Å². The molecule has 0 unspecified atom stereocenters. The van der Waals surface area contributed by atoms with Gasteiger partial charge in [-0.05, 0) is 66.8 Å². The van der Waals surface area contributed by atoms with Crippen molar-refractivity contribution in [1.29, 1.82) is 0 Å². The van der Waals surface area contributed by atoms with Gasteiger partial charge in [0.2, 0.25) is 11.9 Å². The lowest BCUT2D eigenvalue weighted by atomic mass is 9.92. The third-order valence-electron chi connectivity index (χ3n) is 10.2. The van der Waals surface area contributed by atoms with Crippen molar-refractivity contribution in [3.63, 3.8) is 0 Å². The average Bonchev–Trinajstić information content (AvgIpc) is 4.14. The summed E-state index contributed by atoms with van der Waals surface area (Å²) in [6.07, 6.45) is 10.1. The Morgan fingerprint density at radius 1 is 0.681 bits per heavy atom. The zero-order chi connectivity index (χ0) is 50.2. The fraction of sp³-hybridized carbons (Fsp3) is 0.319. The molecule has 0 amide bonds. The largest absolute Gasteiger partial charge is 0.476 e. The van der Waals surface area contributed by atoms with Crippen LogP contribution in [0.3, 0.4) is 0 Å². The smallest absolute Gasteiger partial charge is 0.358 e. The lowest BCUT2D eigenvalue weighted by Gasteiger charge is -2.12. The number of halogens is 2. The molecule has 6 aromatic heterocycles. The fourth-order valence-electron chi connectivity index (χ4n) is 6.35. The topological polar surface area (TPSA) is 269 Å². The van der Waals surface area contributed by atoms with Gasteiger partial charge in [-0.3, -0.25) is 14.2 Å². The Morgan fingerprint density at radius 3 is 1.54 bits per heavy atom. The van der Waals surface area contributed by atoms with Crippen molar-refractivity contribution < 1.29 is 32.5 Å². The van der Waals surface area contributed by atoms with Crippen LogP contribution in [0.5, 0.6) is 0 Å². The molecule has 0 spiro atoms. The quantitative estimate of drug-likeness (QED) is 0.0841. The number of carbonyl (C=O) groups excluding carboxylic acids is 1. The van der Waals surface area contributed by atoms with Crippen molar-refractivity contribution in [3.05, 3.63) is 131 Å². The molecule has 0 bridgehead atoms. The van der Waals surface area contributed by atoms with Crippen LogP contribution in [-0.2, 0) is 37.9 Å². The molecule has 0 saturated carbocycles. The van der Waals surface area contributed by atoms with Crippen LogP contribution in [0.1, 0.15) is 103 Å². The van der Waals surface area contributed by atoms with E-state index >= 15 is 4.39 Å². The summed E-state index contributed by atoms with van der Waals surface area (Å²) in [4.78, 5) is 47.9. The van der Waals surface area contributed by atoms with Crippen LogP contribution in [0.25, 0.3) is 22.8 Å². The van der Waals surface area contributed by atoms with Crippen LogP contribution in [0.15, 0.2) is 82.9 Å². The van der Waals surface area contributed by atoms with Gasteiger partial charge in [-0.1, -0.05) is 51.9 Å². The Labute approximate surface area is 395 Å². The highest BCUT2D eigenvalue weighted by Crippen LogP contribution is 2.28. The predicted octanol–water partition coefficient (Wildman–Crippen LogP) is 8.16. The van der Waals surface area contributed by atoms with E-state index in [-0.39, 0.29) is 58.4 Å². The number of Topliss-reactive ketones (excluding diaryl/α,β-unsaturated/α-hetero) is 1. The number of nitrogens with one attached hydrogen (secondary N) is 2. The minimum atomic E-state index is -1.06. The van der Waals surface area contributed by atoms with Crippen molar-refractivity contribution in [2.75, 3.05) is 10.6 Å². The summed E-state index contributed by atoms with van der Waals surface area (Å²) in [6.45, 7) is 15.8. The Hall–Kier alpha value is -8.14. The number of anilines is 4. The van der Waals surface area contributed by atoms with Crippen molar-refractivity contribution in [3.8, 4) is 22.8 Å². The van der Waals surface area contributed by atoms with Crippen LogP contribution in [-0.4, -0.2) is 76.6 Å². The molecular weight excluding hydrogens is 893 g/mol. The highest BCUT2D eigenvalue weighted by Gasteiger charge is 2.24. The number of aryl methyl sites for hydroxylation is 5. The summed E-state index contributed by atoms with van der Waals surface area (Å²) in [5.74, 6) is 0.225. The second-order valence-electron chi connectivity index (χ2n) is 17.9. The highest BCUT2D eigenvalue weighted by molar-refractivity contribution is 5.94. The number of ketones is 1. The molecule has 0 radical (unpaired) electrons. The van der Waals surface area contributed by atoms with Gasteiger partial charge in [0, 0.05) is 62.4 Å². The van der Waals surface area contributed by atoms with Crippen LogP contribution in [0.2, 0.25) is 0 Å². The van der Waals surface area contributed by atoms with Crippen LogP contribution >= 0.6 is 0 Å². The SMILES string of the molecule is CC(C)(C)c1cc(C(=O)O)no1.Cc1cc(-c2ncnc(Nc3cnn(C)c3)n2)c(F)cc1CCC(=O)c1cc(C(C)(C)C)on1.Cc1cc(-c2ncnc(Nc3cnn(C)c3)n2)c(F)cc1CN. The van der Waals surface area contributed by atoms with Crippen LogP contribution in [0, 0.1) is 25.5 Å². The van der Waals surface area contributed by atoms with Crippen molar-refractivity contribution in [2.45, 2.75) is 85.6 Å². The van der Waals surface area contributed by atoms with Gasteiger partial charge < -0.3 is 30.5 Å². The van der Waals surface area contributed by atoms with E-state index in [0.717, 1.165) is 27.9 Å². The number of carboxylic acids is 1. The second-order valence-corrected chi connectivity index (χ2v) is 17.9. The van der Waals surface area contributed by atoms with Gasteiger partial charge >= 0.3 is 5.97 Å². The number of aromatic nitrogens is 12. The number of hydrogen-bond acceptors (Lipinski definition) is 17. The number of carboxylic acid groups (broad SMARTS) is 1. The molecule has 20 nitrogen and oxygen atoms in total. The molecule has 360 valence electrons. The molecule has 0 aliphatic rings. The van der Waals surface area contributed by atoms with Gasteiger partial charge in [-0.15, -0.1) is 0 Å². The minimum absolute atomic E-state index is 0.0417. The van der Waals surface area contributed by atoms with Gasteiger partial charge in [0.25, 0.3) is 0 Å². The summed E-state index contributed by atoms with van der Waals surface area (Å²) in [5, 5.41) is 30.0. The van der Waals surface area contributed by atoms with E-state index in [1.165, 1.54) is 30.9 Å². The summed E-state index contributed by atoms with van der Waals surface area (Å²) in [5.41, 5.74) is 10.7. The number of carbonyl (C=O) groups is 2. The predicted molar refractivity (Wildman–Crippen MR) is 251 cm³/mol. The minimum Gasteiger partial charge on any atom is -0.476 e. The third-order valence-corrected chi connectivity index (χ3v) is 10.2. The Balaban J connectivity index is 0.000000191. The first-order valence-corrected chi connectivity index (χ1v) is 21.5. The van der Waals surface area contributed by atoms with Crippen LogP contribution < -0.4 is 16.4 Å². The maximum absolute atomic E-state index is 15.0. The fourth-order valence-corrected chi connectivity index (χ4v) is 6.35. The second kappa shape index (κ2) is 21.2. The first kappa shape index (κ1) is 50.3. The standard InChI is InChI=1S/C24H26FN7O2.C15H16FN7.C8H11NO3/c1-14-8-17(22-26-13-27-23(30-22)29-16-11-28-32(5)12-16)18(25)9-15(14)6-7-20(33)19-10-21(34-31-19)24(2,3)4;1-9-3-12(13(16)4-10(9)5-17)14-18-8-19-15(22-14)21-11-6-20-23(2)7-11;1-8(2,3)6-4-5(7(10)11)9-12-6/h8-13H,6-7H2,1-5H3,(H,26,27,29,30);3-4,6-8H,5,17H2,1-2H3,(H,18,19,21,22);4H,1-3H3,(H,10,11). The highest BCUT2D eigenvalue weighted by atomic mass is 19.1. The van der Waals surface area contributed by atoms with Crippen molar-refractivity contribution >= 4 is 35.0 Å². The Kier molecular flexibility index (Phi) is 15.5. The maximum Gasteiger partial charge on any atom is 0.358 e. The van der Waals surface area contributed by atoms with E-state index in [9.17, 15) is 14.0 Å². The first-order chi connectivity index (χ1) is 32.6. The number of nitrogens with two attached hydrogens (primary N) is 1. The molecule has 8 rings (SSSR count). The number of hydrogen-bond donors (Lipinski definition) is 4. The molecule has 0 fully saturated rings. The Bertz CT molecular complexity index is 3070. The molecule has 0 aliphatic carbocycles. The summed E-state index contributed by atoms with van der Waals surface area (Å²) in [6, 6.07) is 9.36. The monoisotopic (exact) mass is 945 g/mol. The van der Waals surface area contributed by atoms with E-state index in [1.54, 1.807) is 66.4 Å². The zero-order valence-corrected chi connectivity index (χ0v) is 39.8. The van der Waals surface area contributed by atoms with E-state index in [1.807, 2.05) is 55.4 Å². The van der Waals surface area contributed by atoms with Gasteiger partial charge in [0.15, 0.2) is 23.1 Å². The maximum atomic E-state index is 15.0. The molecule has 0 atom stereocenters. The molecule has 0 saturated heterocycles. The van der Waals surface area contributed by atoms with E-state index in [4.69, 9.17) is 19.9 Å². The molecule has 22 heteroatoms. The number of rotatable bonds is 12. The third kappa shape index (κ3) is 13.3. The molecule has 8 aromatic rings. The van der Waals surface area contributed by atoms with E-state index in [2.05, 4.69) is 61.0 Å². The van der Waals surface area contributed by atoms with Gasteiger partial charge in [-0.2, -0.15) is 20.2 Å². The summed E-state index contributed by atoms with van der Waals surface area (Å²) < 4.78 is 42.7. The normalized spacial score (nSPS) is 11.3. The lowest BCUT2D eigenvalue weighted by molar-refractivity contribution is 0.0685. The molecule has 5 N–H and O–H groups in total. The van der Waals surface area contributed by atoms with Gasteiger partial charge in [0.1, 0.15) is 41.5 Å². The van der Waals surface area contributed by atoms with Crippen molar-refractivity contribution in [1.82, 2.24) is 59.8 Å². The molecule has 2 aromatic carbocycles. The number of nitrogens with zero attached hydrogens (tertiary/aromatic N) is 12. The first-order valence-electron chi connectivity index (χ1n) is 21.5. The molecular formula is C47H53F2N15O5. The van der Waals surface area contributed by atoms with Gasteiger partial charge in [0.05, 0.1) is 34.9 Å². The zero-order valence-electron chi connectivity index (χ0n) is 39.8. The molecule has 6 heterocycles. The Morgan fingerprint density at radius 2 is 1.13 bits per heavy atom. The number of aromatic carboxylic acids is 1. The number of benzene rings is 2. The van der Waals surface area contributed by atoms with Crippen molar-refractivity contribution in [2.24, 2.45) is 19.8 Å². The summed E-state index contributed by atoms with van der Waals surface area (Å²) in [7, 11) is 3.60. The lowest BCUT2D eigenvalue weighted by Crippen LogP contribution is -2.09. The summed E-state index contributed by atoms with van der Waals surface area (Å²) >= 11 is 0. The molecule has 69 heavy (non-hydrogen) atoms. The van der Waals surface area contributed by atoms with Crippen LogP contribution in [0.4, 0.5) is 32.1 Å². The van der Waals surface area contributed by atoms with E-state index < -0.39 is 17.6 Å². The van der Waals surface area contributed by atoms with E-state index in [0.29, 0.717) is 40.8 Å². The average molecular weight is 946 g/mol. The molecule has 0 aliphatic heterocycles.